The third-order valence-corrected chi connectivity index (χ3v) is 5.01. The Morgan fingerprint density at radius 2 is 2.10 bits per heavy atom. The number of hydrogen-bond acceptors (Lipinski definition) is 4. The molecule has 1 N–H and O–H groups in total. The summed E-state index contributed by atoms with van der Waals surface area (Å²) in [5.74, 6) is -0.330. The van der Waals surface area contributed by atoms with Gasteiger partial charge in [-0.2, -0.15) is 0 Å². The van der Waals surface area contributed by atoms with E-state index in [4.69, 9.17) is 16.3 Å². The maximum absolute atomic E-state index is 12.9. The van der Waals surface area contributed by atoms with Crippen molar-refractivity contribution in [1.29, 1.82) is 0 Å². The maximum Gasteiger partial charge on any atom is 0.254 e. The number of ether oxygens (including phenoxy) is 1. The summed E-state index contributed by atoms with van der Waals surface area (Å²) in [6, 6.07) is 11.0. The second kappa shape index (κ2) is 10.2. The van der Waals surface area contributed by atoms with Gasteiger partial charge in [-0.05, 0) is 48.7 Å². The Labute approximate surface area is 175 Å². The van der Waals surface area contributed by atoms with Crippen LogP contribution in [0.2, 0.25) is 5.02 Å². The molecule has 6 nitrogen and oxygen atoms in total. The number of nitrogens with zero attached hydrogens (tertiary/aromatic N) is 2. The molecular weight excluding hydrogens is 390 g/mol. The molecule has 1 fully saturated rings. The normalized spacial score (nSPS) is 16.3. The van der Waals surface area contributed by atoms with Gasteiger partial charge in [0.15, 0.2) is 0 Å². The molecule has 1 atom stereocenters. The van der Waals surface area contributed by atoms with Crippen LogP contribution < -0.4 is 5.32 Å². The number of halogens is 1. The molecule has 1 aromatic heterocycles. The lowest BCUT2D eigenvalue weighted by Gasteiger charge is -2.32. The number of pyridine rings is 1. The van der Waals surface area contributed by atoms with Crippen LogP contribution >= 0.6 is 11.6 Å². The van der Waals surface area contributed by atoms with Gasteiger partial charge in [-0.25, -0.2) is 0 Å². The second-order valence-corrected chi connectivity index (χ2v) is 7.35. The fraction of sp³-hybridized carbons (Fsp3) is 0.318. The molecule has 2 heterocycles. The van der Waals surface area contributed by atoms with E-state index in [1.807, 2.05) is 29.2 Å². The van der Waals surface area contributed by atoms with Gasteiger partial charge in [-0.15, -0.1) is 0 Å². The summed E-state index contributed by atoms with van der Waals surface area (Å²) in [5, 5.41) is 3.36. The number of benzene rings is 1. The number of nitrogens with one attached hydrogen (secondary N) is 1. The minimum Gasteiger partial charge on any atom is -0.372 e. The van der Waals surface area contributed by atoms with Crippen LogP contribution in [0.15, 0.2) is 55.3 Å². The zero-order valence-corrected chi connectivity index (χ0v) is 16.9. The van der Waals surface area contributed by atoms with E-state index in [1.165, 1.54) is 6.08 Å². The Balaban J connectivity index is 1.56. The summed E-state index contributed by atoms with van der Waals surface area (Å²) in [5.41, 5.74) is 2.23. The molecule has 1 saturated heterocycles. The van der Waals surface area contributed by atoms with E-state index in [9.17, 15) is 9.59 Å². The topological polar surface area (TPSA) is 71.5 Å². The Bertz CT molecular complexity index is 870. The first kappa shape index (κ1) is 21.0. The van der Waals surface area contributed by atoms with Crippen LogP contribution in [0.25, 0.3) is 0 Å². The van der Waals surface area contributed by atoms with Crippen LogP contribution in [0.4, 0.5) is 0 Å². The number of carbonyl (C=O) groups excluding carboxylic acids is 2. The van der Waals surface area contributed by atoms with Crippen molar-refractivity contribution in [2.24, 2.45) is 0 Å². The van der Waals surface area contributed by atoms with Crippen molar-refractivity contribution in [2.45, 2.75) is 32.1 Å². The molecule has 0 spiro atoms. The molecule has 0 aliphatic carbocycles. The fourth-order valence-corrected chi connectivity index (χ4v) is 3.32. The van der Waals surface area contributed by atoms with Crippen molar-refractivity contribution in [2.75, 3.05) is 13.1 Å². The largest absolute Gasteiger partial charge is 0.372 e. The zero-order chi connectivity index (χ0) is 20.6. The molecule has 1 aliphatic heterocycles. The summed E-state index contributed by atoms with van der Waals surface area (Å²) in [6.45, 7) is 5.41. The first-order valence-corrected chi connectivity index (χ1v) is 9.93. The highest BCUT2D eigenvalue weighted by molar-refractivity contribution is 6.30. The molecule has 0 radical (unpaired) electrons. The van der Waals surface area contributed by atoms with Crippen LogP contribution in [0, 0.1) is 0 Å². The average molecular weight is 414 g/mol. The first-order chi connectivity index (χ1) is 14.0. The van der Waals surface area contributed by atoms with Crippen molar-refractivity contribution in [1.82, 2.24) is 15.2 Å². The van der Waals surface area contributed by atoms with E-state index in [0.29, 0.717) is 36.0 Å². The summed E-state index contributed by atoms with van der Waals surface area (Å²) >= 11 is 5.91. The van der Waals surface area contributed by atoms with Crippen molar-refractivity contribution in [3.05, 3.63) is 77.1 Å². The smallest absolute Gasteiger partial charge is 0.254 e. The number of likely N-dealkylation sites (tertiary alicyclic amines) is 1. The van der Waals surface area contributed by atoms with E-state index < -0.39 is 0 Å². The van der Waals surface area contributed by atoms with Crippen LogP contribution in [-0.4, -0.2) is 40.9 Å². The summed E-state index contributed by atoms with van der Waals surface area (Å²) < 4.78 is 6.02. The number of rotatable bonds is 7. The number of piperidine rings is 1. The van der Waals surface area contributed by atoms with Crippen molar-refractivity contribution >= 4 is 23.4 Å². The number of aromatic nitrogens is 1. The van der Waals surface area contributed by atoms with Crippen LogP contribution in [0.3, 0.4) is 0 Å². The Hall–Kier alpha value is -2.70. The van der Waals surface area contributed by atoms with Crippen molar-refractivity contribution in [3.8, 4) is 0 Å². The lowest BCUT2D eigenvalue weighted by atomic mass is 10.1. The zero-order valence-electron chi connectivity index (χ0n) is 16.1. The van der Waals surface area contributed by atoms with Crippen molar-refractivity contribution in [3.63, 3.8) is 0 Å². The molecule has 0 bridgehead atoms. The SMILES string of the molecule is C=CC(=O)NCc1cc(C(=O)N2CCCC(OCc3ccc(Cl)cc3)C2)ccn1. The summed E-state index contributed by atoms with van der Waals surface area (Å²) in [6.07, 6.45) is 4.60. The highest BCUT2D eigenvalue weighted by Gasteiger charge is 2.25. The van der Waals surface area contributed by atoms with Crippen LogP contribution in [0.1, 0.15) is 34.5 Å². The molecule has 2 aromatic rings. The summed E-state index contributed by atoms with van der Waals surface area (Å²) in [7, 11) is 0. The molecule has 3 rings (SSSR count). The quantitative estimate of drug-likeness (QED) is 0.706. The van der Waals surface area contributed by atoms with E-state index in [-0.39, 0.29) is 24.5 Å². The summed E-state index contributed by atoms with van der Waals surface area (Å²) in [4.78, 5) is 30.3. The highest BCUT2D eigenvalue weighted by Crippen LogP contribution is 2.18. The van der Waals surface area contributed by atoms with E-state index >= 15 is 0 Å². The number of carbonyl (C=O) groups is 2. The Morgan fingerprint density at radius 1 is 1.31 bits per heavy atom. The van der Waals surface area contributed by atoms with Crippen LogP contribution in [0.5, 0.6) is 0 Å². The lowest BCUT2D eigenvalue weighted by molar-refractivity contribution is -0.116. The van der Waals surface area contributed by atoms with Gasteiger partial charge >= 0.3 is 0 Å². The standard InChI is InChI=1S/C22H24ClN3O3/c1-2-21(27)25-13-19-12-17(9-10-24-19)22(28)26-11-3-4-20(14-26)29-15-16-5-7-18(23)8-6-16/h2,5-10,12,20H,1,3-4,11,13-15H2,(H,25,27). The fourth-order valence-electron chi connectivity index (χ4n) is 3.19. The van der Waals surface area contributed by atoms with E-state index in [2.05, 4.69) is 16.9 Å². The highest BCUT2D eigenvalue weighted by atomic mass is 35.5. The van der Waals surface area contributed by atoms with E-state index in [0.717, 1.165) is 18.4 Å². The van der Waals surface area contributed by atoms with Gasteiger partial charge in [0, 0.05) is 29.9 Å². The lowest BCUT2D eigenvalue weighted by Crippen LogP contribution is -2.43. The molecule has 0 saturated carbocycles. The van der Waals surface area contributed by atoms with Crippen LogP contribution in [-0.2, 0) is 22.7 Å². The predicted octanol–water partition coefficient (Wildman–Crippen LogP) is 3.36. The first-order valence-electron chi connectivity index (χ1n) is 9.55. The van der Waals surface area contributed by atoms with Gasteiger partial charge in [0.2, 0.25) is 5.91 Å². The molecule has 29 heavy (non-hydrogen) atoms. The Morgan fingerprint density at radius 3 is 2.86 bits per heavy atom. The molecule has 1 aromatic carbocycles. The van der Waals surface area contributed by atoms with Crippen molar-refractivity contribution < 1.29 is 14.3 Å². The second-order valence-electron chi connectivity index (χ2n) is 6.91. The van der Waals surface area contributed by atoms with Gasteiger partial charge in [-0.1, -0.05) is 30.3 Å². The molecule has 152 valence electrons. The monoisotopic (exact) mass is 413 g/mol. The minimum absolute atomic E-state index is 0.00318. The molecule has 1 unspecified atom stereocenters. The maximum atomic E-state index is 12.9. The van der Waals surface area contributed by atoms with Gasteiger partial charge in [0.25, 0.3) is 5.91 Å². The number of hydrogen-bond donors (Lipinski definition) is 1. The third kappa shape index (κ3) is 6.14. The Kier molecular flexibility index (Phi) is 7.38. The third-order valence-electron chi connectivity index (χ3n) is 4.76. The van der Waals surface area contributed by atoms with Gasteiger partial charge in [0.1, 0.15) is 0 Å². The molecular formula is C22H24ClN3O3. The molecule has 2 amide bonds. The minimum atomic E-state index is -0.278. The molecule has 7 heteroatoms. The van der Waals surface area contributed by atoms with E-state index in [1.54, 1.807) is 18.3 Å². The average Bonchev–Trinajstić information content (AvgIpc) is 2.77. The van der Waals surface area contributed by atoms with Gasteiger partial charge < -0.3 is 15.0 Å². The van der Waals surface area contributed by atoms with Gasteiger partial charge in [-0.3, -0.25) is 14.6 Å². The molecule has 1 aliphatic rings. The van der Waals surface area contributed by atoms with Gasteiger partial charge in [0.05, 0.1) is 24.9 Å². The predicted molar refractivity (Wildman–Crippen MR) is 111 cm³/mol. The number of amides is 2.